The lowest BCUT2D eigenvalue weighted by Crippen LogP contribution is -2.29. The van der Waals surface area contributed by atoms with Gasteiger partial charge in [-0.15, -0.1) is 5.10 Å². The van der Waals surface area contributed by atoms with Crippen molar-refractivity contribution in [2.75, 3.05) is 18.4 Å². The average molecular weight is 310 g/mol. The minimum Gasteiger partial charge on any atom is -0.383 e. The first-order chi connectivity index (χ1) is 10.1. The molecule has 21 heavy (non-hydrogen) atoms. The van der Waals surface area contributed by atoms with E-state index in [9.17, 15) is 8.42 Å². The Bertz CT molecular complexity index is 656. The highest BCUT2D eigenvalue weighted by atomic mass is 32.2. The molecule has 0 saturated heterocycles. The molecule has 0 amide bonds. The topological polar surface area (TPSA) is 102 Å². The molecular formula is C12H18N6O2S. The van der Waals surface area contributed by atoms with Gasteiger partial charge in [-0.1, -0.05) is 12.1 Å². The number of aromatic nitrogens is 4. The van der Waals surface area contributed by atoms with Crippen molar-refractivity contribution in [2.45, 2.75) is 24.9 Å². The van der Waals surface area contributed by atoms with E-state index in [0.717, 1.165) is 6.42 Å². The Balaban J connectivity index is 2.04. The largest absolute Gasteiger partial charge is 0.383 e. The van der Waals surface area contributed by atoms with Gasteiger partial charge in [-0.3, -0.25) is 4.68 Å². The molecule has 0 aliphatic heterocycles. The highest BCUT2D eigenvalue weighted by Gasteiger charge is 2.19. The molecule has 0 spiro atoms. The van der Waals surface area contributed by atoms with Crippen molar-refractivity contribution in [3.63, 3.8) is 0 Å². The molecule has 2 N–H and O–H groups in total. The van der Waals surface area contributed by atoms with Crippen molar-refractivity contribution in [3.8, 4) is 0 Å². The second-order valence-corrected chi connectivity index (χ2v) is 6.03. The van der Waals surface area contributed by atoms with Crippen LogP contribution in [-0.2, 0) is 16.6 Å². The van der Waals surface area contributed by atoms with Gasteiger partial charge in [-0.05, 0) is 18.6 Å². The molecule has 8 nitrogen and oxygen atoms in total. The molecule has 9 heteroatoms. The van der Waals surface area contributed by atoms with Gasteiger partial charge in [-0.2, -0.15) is 0 Å². The number of anilines is 1. The van der Waals surface area contributed by atoms with Gasteiger partial charge < -0.3 is 5.32 Å². The number of rotatable bonds is 8. The van der Waals surface area contributed by atoms with Crippen LogP contribution in [0.3, 0.4) is 0 Å². The summed E-state index contributed by atoms with van der Waals surface area (Å²) < 4.78 is 28.6. The Morgan fingerprint density at radius 3 is 2.86 bits per heavy atom. The second-order valence-electron chi connectivity index (χ2n) is 4.35. The molecule has 0 aliphatic carbocycles. The van der Waals surface area contributed by atoms with Crippen LogP contribution >= 0.6 is 0 Å². The smallest absolute Gasteiger partial charge is 0.260 e. The van der Waals surface area contributed by atoms with E-state index in [-0.39, 0.29) is 11.6 Å². The van der Waals surface area contributed by atoms with Gasteiger partial charge >= 0.3 is 0 Å². The third-order valence-corrected chi connectivity index (χ3v) is 4.11. The molecule has 0 atom stereocenters. The quantitative estimate of drug-likeness (QED) is 0.735. The monoisotopic (exact) mass is 310 g/mol. The van der Waals surface area contributed by atoms with Gasteiger partial charge in [0.05, 0.1) is 18.4 Å². The minimum atomic E-state index is -3.66. The van der Waals surface area contributed by atoms with E-state index in [0.29, 0.717) is 18.8 Å². The van der Waals surface area contributed by atoms with Crippen molar-refractivity contribution in [1.29, 1.82) is 0 Å². The van der Waals surface area contributed by atoms with Gasteiger partial charge in [0.1, 0.15) is 0 Å². The van der Waals surface area contributed by atoms with E-state index in [1.165, 1.54) is 6.20 Å². The lowest BCUT2D eigenvalue weighted by atomic mass is 10.4. The second kappa shape index (κ2) is 7.14. The van der Waals surface area contributed by atoms with Gasteiger partial charge in [0, 0.05) is 25.5 Å². The zero-order valence-electron chi connectivity index (χ0n) is 11.7. The Morgan fingerprint density at radius 2 is 2.14 bits per heavy atom. The fourth-order valence-corrected chi connectivity index (χ4v) is 2.84. The molecule has 0 aromatic carbocycles. The summed E-state index contributed by atoms with van der Waals surface area (Å²) in [4.78, 5) is 3.97. The van der Waals surface area contributed by atoms with Crippen molar-refractivity contribution < 1.29 is 8.42 Å². The molecular weight excluding hydrogens is 292 g/mol. The van der Waals surface area contributed by atoms with Crippen LogP contribution in [0.4, 0.5) is 5.69 Å². The first-order valence-electron chi connectivity index (χ1n) is 6.66. The SMILES string of the molecule is CCCNc1cccnc1S(=O)(=O)NCCn1ccnn1. The molecule has 2 rings (SSSR count). The van der Waals surface area contributed by atoms with Crippen LogP contribution in [0.15, 0.2) is 35.7 Å². The Kier molecular flexibility index (Phi) is 5.23. The van der Waals surface area contributed by atoms with Gasteiger partial charge in [0.25, 0.3) is 10.0 Å². The third-order valence-electron chi connectivity index (χ3n) is 2.70. The van der Waals surface area contributed by atoms with Crippen LogP contribution in [0, 0.1) is 0 Å². The van der Waals surface area contributed by atoms with Crippen LogP contribution in [0.2, 0.25) is 0 Å². The maximum Gasteiger partial charge on any atom is 0.260 e. The molecule has 0 aliphatic rings. The summed E-state index contributed by atoms with van der Waals surface area (Å²) in [6.45, 7) is 3.32. The number of nitrogens with one attached hydrogen (secondary N) is 2. The van der Waals surface area contributed by atoms with E-state index >= 15 is 0 Å². The minimum absolute atomic E-state index is 0.0111. The van der Waals surface area contributed by atoms with Gasteiger partial charge in [0.15, 0.2) is 5.03 Å². The zero-order chi connectivity index (χ0) is 15.1. The molecule has 114 valence electrons. The summed E-state index contributed by atoms with van der Waals surface area (Å²) in [6.07, 6.45) is 5.57. The first-order valence-corrected chi connectivity index (χ1v) is 8.14. The number of hydrogen-bond acceptors (Lipinski definition) is 6. The maximum absolute atomic E-state index is 12.3. The number of sulfonamides is 1. The first kappa shape index (κ1) is 15.4. The Hall–Kier alpha value is -2.00. The van der Waals surface area contributed by atoms with Crippen LogP contribution in [-0.4, -0.2) is 41.5 Å². The van der Waals surface area contributed by atoms with Crippen LogP contribution in [0.1, 0.15) is 13.3 Å². The van der Waals surface area contributed by atoms with Crippen molar-refractivity contribution in [1.82, 2.24) is 24.7 Å². The van der Waals surface area contributed by atoms with Crippen LogP contribution in [0.25, 0.3) is 0 Å². The van der Waals surface area contributed by atoms with E-state index in [1.807, 2.05) is 6.92 Å². The normalized spacial score (nSPS) is 11.5. The predicted molar refractivity (Wildman–Crippen MR) is 78.2 cm³/mol. The van der Waals surface area contributed by atoms with E-state index in [2.05, 4.69) is 25.3 Å². The summed E-state index contributed by atoms with van der Waals surface area (Å²) in [5, 5.41) is 10.5. The van der Waals surface area contributed by atoms with E-state index in [1.54, 1.807) is 29.2 Å². The molecule has 2 heterocycles. The summed E-state index contributed by atoms with van der Waals surface area (Å²) in [5.74, 6) is 0. The highest BCUT2D eigenvalue weighted by Crippen LogP contribution is 2.17. The highest BCUT2D eigenvalue weighted by molar-refractivity contribution is 7.89. The van der Waals surface area contributed by atoms with Crippen molar-refractivity contribution >= 4 is 15.7 Å². The molecule has 0 fully saturated rings. The molecule has 0 unspecified atom stereocenters. The van der Waals surface area contributed by atoms with Crippen molar-refractivity contribution in [3.05, 3.63) is 30.7 Å². The lowest BCUT2D eigenvalue weighted by Gasteiger charge is -2.11. The summed E-state index contributed by atoms with van der Waals surface area (Å²) >= 11 is 0. The predicted octanol–water partition coefficient (Wildman–Crippen LogP) is 0.473. The summed E-state index contributed by atoms with van der Waals surface area (Å²) in [7, 11) is -3.66. The Morgan fingerprint density at radius 1 is 1.29 bits per heavy atom. The Labute approximate surface area is 123 Å². The molecule has 2 aromatic rings. The fourth-order valence-electron chi connectivity index (χ4n) is 1.71. The van der Waals surface area contributed by atoms with E-state index in [4.69, 9.17) is 0 Å². The summed E-state index contributed by atoms with van der Waals surface area (Å²) in [6, 6.07) is 3.40. The molecule has 0 bridgehead atoms. The zero-order valence-corrected chi connectivity index (χ0v) is 12.5. The standard InChI is InChI=1S/C12H18N6O2S/c1-2-5-13-11-4-3-6-14-12(11)21(19,20)16-8-10-18-9-7-15-17-18/h3-4,6-7,9,13,16H,2,5,8,10H2,1H3. The van der Waals surface area contributed by atoms with Gasteiger partial charge in [0.2, 0.25) is 0 Å². The maximum atomic E-state index is 12.3. The van der Waals surface area contributed by atoms with Gasteiger partial charge in [-0.25, -0.2) is 18.1 Å². The lowest BCUT2D eigenvalue weighted by molar-refractivity contribution is 0.550. The number of hydrogen-bond donors (Lipinski definition) is 2. The third kappa shape index (κ3) is 4.23. The number of pyridine rings is 1. The average Bonchev–Trinajstić information content (AvgIpc) is 2.98. The molecule has 0 radical (unpaired) electrons. The fraction of sp³-hybridized carbons (Fsp3) is 0.417. The van der Waals surface area contributed by atoms with Crippen molar-refractivity contribution in [2.24, 2.45) is 0 Å². The van der Waals surface area contributed by atoms with Crippen LogP contribution < -0.4 is 10.0 Å². The summed E-state index contributed by atoms with van der Waals surface area (Å²) in [5.41, 5.74) is 0.507. The molecule has 2 aromatic heterocycles. The molecule has 0 saturated carbocycles. The number of nitrogens with zero attached hydrogens (tertiary/aromatic N) is 4. The van der Waals surface area contributed by atoms with E-state index < -0.39 is 10.0 Å². The van der Waals surface area contributed by atoms with Crippen LogP contribution in [0.5, 0.6) is 0 Å².